The molecule has 5 N–H and O–H groups in total. The van der Waals surface area contributed by atoms with Gasteiger partial charge in [0.15, 0.2) is 0 Å². The topological polar surface area (TPSA) is 118 Å². The summed E-state index contributed by atoms with van der Waals surface area (Å²) >= 11 is 1.61. The normalized spacial score (nSPS) is 18.0. The molecule has 0 aliphatic carbocycles. The maximum Gasteiger partial charge on any atom is 0.247 e. The van der Waals surface area contributed by atoms with Crippen LogP contribution in [0.3, 0.4) is 0 Å². The minimum atomic E-state index is -0.585. The van der Waals surface area contributed by atoms with E-state index in [9.17, 15) is 9.59 Å². The van der Waals surface area contributed by atoms with Crippen LogP contribution in [0, 0.1) is 12.8 Å². The van der Waals surface area contributed by atoms with Crippen molar-refractivity contribution in [1.82, 2.24) is 20.2 Å². The summed E-state index contributed by atoms with van der Waals surface area (Å²) in [4.78, 5) is 33.6. The van der Waals surface area contributed by atoms with Gasteiger partial charge in [0, 0.05) is 18.9 Å². The summed E-state index contributed by atoms with van der Waals surface area (Å²) in [5.74, 6) is 5.71. The molecular formula is C24H34N6O2S. The molecule has 3 atom stereocenters. The highest BCUT2D eigenvalue weighted by Gasteiger charge is 2.39. The summed E-state index contributed by atoms with van der Waals surface area (Å²) in [6.07, 6.45) is 4.20. The van der Waals surface area contributed by atoms with E-state index in [-0.39, 0.29) is 23.8 Å². The van der Waals surface area contributed by atoms with E-state index in [0.717, 1.165) is 28.1 Å². The Morgan fingerprint density at radius 1 is 1.27 bits per heavy atom. The van der Waals surface area contributed by atoms with Gasteiger partial charge in [0.1, 0.15) is 12.1 Å². The number of likely N-dealkylation sites (tertiary alicyclic amines) is 1. The second-order valence-corrected chi connectivity index (χ2v) is 9.64. The molecule has 2 amide bonds. The van der Waals surface area contributed by atoms with Crippen molar-refractivity contribution in [3.8, 4) is 10.4 Å². The number of thiazole rings is 1. The van der Waals surface area contributed by atoms with Crippen molar-refractivity contribution in [2.45, 2.75) is 58.7 Å². The van der Waals surface area contributed by atoms with E-state index in [4.69, 9.17) is 11.6 Å². The Kier molecular flexibility index (Phi) is 8.10. The lowest BCUT2D eigenvalue weighted by Crippen LogP contribution is -2.55. The van der Waals surface area contributed by atoms with E-state index >= 15 is 0 Å². The Bertz CT molecular complexity index is 987. The van der Waals surface area contributed by atoms with Crippen molar-refractivity contribution < 1.29 is 9.59 Å². The standard InChI is InChI=1S/C24H34N6O2S/c1-15(2)21(30(26)13-11-25)24(32)29-12-5-6-20(29)23(31)28-16(3)18-7-9-19(10-8-18)22-17(4)27-14-33-22/h7-11,13-16,20-21H,5-6,12,25-26H2,1-4H3,(H,28,31)/b13-11-. The Hall–Kier alpha value is -2.91. The molecule has 1 aromatic carbocycles. The monoisotopic (exact) mass is 470 g/mol. The molecule has 1 aliphatic heterocycles. The van der Waals surface area contributed by atoms with Gasteiger partial charge in [-0.3, -0.25) is 9.59 Å². The number of hydrogen-bond acceptors (Lipinski definition) is 7. The molecule has 8 nitrogen and oxygen atoms in total. The van der Waals surface area contributed by atoms with Crippen LogP contribution in [0.15, 0.2) is 42.2 Å². The Morgan fingerprint density at radius 3 is 2.55 bits per heavy atom. The highest BCUT2D eigenvalue weighted by atomic mass is 32.1. The van der Waals surface area contributed by atoms with Gasteiger partial charge in [0.2, 0.25) is 11.8 Å². The lowest BCUT2D eigenvalue weighted by Gasteiger charge is -2.34. The molecule has 1 aliphatic rings. The maximum atomic E-state index is 13.3. The van der Waals surface area contributed by atoms with Crippen LogP contribution in [0.5, 0.6) is 0 Å². The number of hydrogen-bond donors (Lipinski definition) is 3. The zero-order valence-corrected chi connectivity index (χ0v) is 20.5. The second kappa shape index (κ2) is 10.8. The summed E-state index contributed by atoms with van der Waals surface area (Å²) in [6, 6.07) is 6.89. The smallest absolute Gasteiger partial charge is 0.247 e. The highest BCUT2D eigenvalue weighted by molar-refractivity contribution is 7.13. The lowest BCUT2D eigenvalue weighted by molar-refractivity contribution is -0.143. The third-order valence-corrected chi connectivity index (χ3v) is 7.06. The molecule has 0 radical (unpaired) electrons. The van der Waals surface area contributed by atoms with Crippen molar-refractivity contribution in [3.05, 3.63) is 53.4 Å². The van der Waals surface area contributed by atoms with E-state index in [2.05, 4.69) is 22.4 Å². The van der Waals surface area contributed by atoms with Crippen LogP contribution >= 0.6 is 11.3 Å². The number of benzene rings is 1. The molecule has 0 saturated carbocycles. The van der Waals surface area contributed by atoms with Gasteiger partial charge in [-0.15, -0.1) is 11.3 Å². The molecule has 0 bridgehead atoms. The zero-order valence-electron chi connectivity index (χ0n) is 19.7. The predicted molar refractivity (Wildman–Crippen MR) is 132 cm³/mol. The van der Waals surface area contributed by atoms with Gasteiger partial charge >= 0.3 is 0 Å². The number of nitrogens with two attached hydrogens (primary N) is 2. The van der Waals surface area contributed by atoms with Crippen molar-refractivity contribution in [2.75, 3.05) is 6.54 Å². The average Bonchev–Trinajstić information content (AvgIpc) is 3.43. The van der Waals surface area contributed by atoms with Crippen molar-refractivity contribution in [2.24, 2.45) is 17.5 Å². The van der Waals surface area contributed by atoms with Crippen LogP contribution in [0.25, 0.3) is 10.4 Å². The molecular weight excluding hydrogens is 436 g/mol. The molecule has 3 unspecified atom stereocenters. The number of amides is 2. The van der Waals surface area contributed by atoms with Crippen LogP contribution < -0.4 is 16.9 Å². The third-order valence-electron chi connectivity index (χ3n) is 6.08. The van der Waals surface area contributed by atoms with Crippen molar-refractivity contribution in [1.29, 1.82) is 0 Å². The highest BCUT2D eigenvalue weighted by Crippen LogP contribution is 2.28. The van der Waals surface area contributed by atoms with Crippen LogP contribution in [-0.2, 0) is 9.59 Å². The van der Waals surface area contributed by atoms with Gasteiger partial charge in [-0.05, 0) is 43.7 Å². The van der Waals surface area contributed by atoms with Gasteiger partial charge in [0.25, 0.3) is 0 Å². The van der Waals surface area contributed by atoms with E-state index in [0.29, 0.717) is 13.0 Å². The van der Waals surface area contributed by atoms with Crippen molar-refractivity contribution in [3.63, 3.8) is 0 Å². The fourth-order valence-electron chi connectivity index (χ4n) is 4.32. The predicted octanol–water partition coefficient (Wildman–Crippen LogP) is 2.92. The number of nitrogens with zero attached hydrogens (tertiary/aromatic N) is 3. The summed E-state index contributed by atoms with van der Waals surface area (Å²) < 4.78 is 0. The second-order valence-electron chi connectivity index (χ2n) is 8.79. The van der Waals surface area contributed by atoms with E-state index in [1.54, 1.807) is 16.2 Å². The molecule has 2 aromatic rings. The molecule has 1 aromatic heterocycles. The first-order valence-corrected chi connectivity index (χ1v) is 12.1. The van der Waals surface area contributed by atoms with Crippen LogP contribution in [0.2, 0.25) is 0 Å². The van der Waals surface area contributed by atoms with Gasteiger partial charge in [-0.2, -0.15) is 0 Å². The molecule has 9 heteroatoms. The number of aryl methyl sites for hydroxylation is 1. The number of carbonyl (C=O) groups is 2. The van der Waals surface area contributed by atoms with Gasteiger partial charge in [-0.1, -0.05) is 38.1 Å². The first-order chi connectivity index (χ1) is 15.7. The Morgan fingerprint density at radius 2 is 1.97 bits per heavy atom. The molecule has 178 valence electrons. The van der Waals surface area contributed by atoms with E-state index in [1.165, 1.54) is 17.4 Å². The van der Waals surface area contributed by atoms with Crippen molar-refractivity contribution >= 4 is 23.2 Å². The van der Waals surface area contributed by atoms with Gasteiger partial charge < -0.3 is 21.0 Å². The van der Waals surface area contributed by atoms with E-state index in [1.807, 2.05) is 45.3 Å². The first-order valence-electron chi connectivity index (χ1n) is 11.3. The van der Waals surface area contributed by atoms with Crippen LogP contribution in [-0.4, -0.2) is 45.3 Å². The van der Waals surface area contributed by atoms with Gasteiger partial charge in [0.05, 0.1) is 22.1 Å². The summed E-state index contributed by atoms with van der Waals surface area (Å²) in [6.45, 7) is 8.35. The summed E-state index contributed by atoms with van der Waals surface area (Å²) in [7, 11) is 0. The number of rotatable bonds is 8. The van der Waals surface area contributed by atoms with E-state index < -0.39 is 12.1 Å². The Labute approximate surface area is 199 Å². The minimum Gasteiger partial charge on any atom is -0.403 e. The molecule has 0 spiro atoms. The quantitative estimate of drug-likeness (QED) is 0.403. The molecule has 33 heavy (non-hydrogen) atoms. The minimum absolute atomic E-state index is 0.0392. The number of carbonyl (C=O) groups excluding carboxylic acids is 2. The molecule has 1 fully saturated rings. The summed E-state index contributed by atoms with van der Waals surface area (Å²) in [5.41, 5.74) is 10.4. The Balaban J connectivity index is 1.68. The lowest BCUT2D eigenvalue weighted by atomic mass is 10.0. The first kappa shape index (κ1) is 24.7. The number of nitrogens with one attached hydrogen (secondary N) is 1. The van der Waals surface area contributed by atoms with Gasteiger partial charge in [-0.25, -0.2) is 10.8 Å². The SMILES string of the molecule is Cc1ncsc1-c1ccc(C(C)NC(=O)C2CCCN2C(=O)C(C(C)C)N(N)/C=C\N)cc1. The zero-order chi connectivity index (χ0) is 24.1. The van der Waals surface area contributed by atoms with Crippen LogP contribution in [0.1, 0.15) is 50.9 Å². The fourth-order valence-corrected chi connectivity index (χ4v) is 5.13. The average molecular weight is 471 g/mol. The number of aromatic nitrogens is 1. The van der Waals surface area contributed by atoms with Crippen LogP contribution in [0.4, 0.5) is 0 Å². The third kappa shape index (κ3) is 5.54. The summed E-state index contributed by atoms with van der Waals surface area (Å²) in [5, 5.41) is 4.42. The largest absolute Gasteiger partial charge is 0.403 e. The fraction of sp³-hybridized carbons (Fsp3) is 0.458. The maximum absolute atomic E-state index is 13.3. The molecule has 3 rings (SSSR count). The number of hydrazine groups is 1. The molecule has 1 saturated heterocycles. The molecule has 2 heterocycles.